The quantitative estimate of drug-likeness (QED) is 0.857. The molecule has 24 heavy (non-hydrogen) atoms. The highest BCUT2D eigenvalue weighted by Crippen LogP contribution is 2.32. The van der Waals surface area contributed by atoms with Gasteiger partial charge in [0.2, 0.25) is 5.91 Å². The summed E-state index contributed by atoms with van der Waals surface area (Å²) in [6.07, 6.45) is 4.51. The molecule has 4 heterocycles. The van der Waals surface area contributed by atoms with E-state index >= 15 is 0 Å². The lowest BCUT2D eigenvalue weighted by Gasteiger charge is -2.28. The van der Waals surface area contributed by atoms with Crippen molar-refractivity contribution in [3.05, 3.63) is 34.0 Å². The van der Waals surface area contributed by atoms with Gasteiger partial charge in [-0.05, 0) is 41.1 Å². The monoisotopic (exact) mass is 344 g/mol. The van der Waals surface area contributed by atoms with Gasteiger partial charge in [-0.1, -0.05) is 13.8 Å². The molecular formula is C18H24N4OS. The lowest BCUT2D eigenvalue weighted by molar-refractivity contribution is -0.133. The fourth-order valence-corrected chi connectivity index (χ4v) is 4.75. The Morgan fingerprint density at radius 2 is 2.17 bits per heavy atom. The number of fused-ring (bicyclic) bond motifs is 3. The van der Waals surface area contributed by atoms with Gasteiger partial charge in [0.25, 0.3) is 0 Å². The Labute approximate surface area is 146 Å². The summed E-state index contributed by atoms with van der Waals surface area (Å²) < 4.78 is 2.29. The Balaban J connectivity index is 1.56. The van der Waals surface area contributed by atoms with E-state index in [9.17, 15) is 4.79 Å². The van der Waals surface area contributed by atoms with Gasteiger partial charge in [0.05, 0.1) is 12.5 Å². The summed E-state index contributed by atoms with van der Waals surface area (Å²) in [5.41, 5.74) is 1.13. The summed E-state index contributed by atoms with van der Waals surface area (Å²) in [4.78, 5) is 15.1. The Hall–Kier alpha value is -1.69. The van der Waals surface area contributed by atoms with Crippen LogP contribution < -0.4 is 0 Å². The first kappa shape index (κ1) is 15.8. The van der Waals surface area contributed by atoms with E-state index < -0.39 is 0 Å². The number of rotatable bonds is 4. The van der Waals surface area contributed by atoms with E-state index in [-0.39, 0.29) is 5.91 Å². The van der Waals surface area contributed by atoms with Crippen LogP contribution in [-0.4, -0.2) is 37.7 Å². The van der Waals surface area contributed by atoms with Crippen LogP contribution in [0.3, 0.4) is 0 Å². The molecule has 2 bridgehead atoms. The minimum Gasteiger partial charge on any atom is -0.334 e. The predicted molar refractivity (Wildman–Crippen MR) is 93.9 cm³/mol. The second kappa shape index (κ2) is 6.31. The average molecular weight is 344 g/mol. The molecule has 0 aliphatic carbocycles. The average Bonchev–Trinajstić information content (AvgIpc) is 3.20. The van der Waals surface area contributed by atoms with Gasteiger partial charge in [-0.15, -0.1) is 10.2 Å². The van der Waals surface area contributed by atoms with E-state index in [1.165, 1.54) is 0 Å². The Morgan fingerprint density at radius 1 is 1.33 bits per heavy atom. The third-order valence-corrected chi connectivity index (χ3v) is 5.88. The smallest absolute Gasteiger partial charge is 0.227 e. The second-order valence-corrected chi connectivity index (χ2v) is 8.22. The fourth-order valence-electron chi connectivity index (χ4n) is 4.08. The van der Waals surface area contributed by atoms with Gasteiger partial charge in [0.15, 0.2) is 0 Å². The van der Waals surface area contributed by atoms with Crippen LogP contribution in [0.2, 0.25) is 0 Å². The maximum absolute atomic E-state index is 12.9. The number of amides is 1. The second-order valence-electron chi connectivity index (χ2n) is 7.44. The van der Waals surface area contributed by atoms with Crippen LogP contribution >= 0.6 is 11.3 Å². The van der Waals surface area contributed by atoms with Crippen LogP contribution in [0.15, 0.2) is 16.8 Å². The summed E-state index contributed by atoms with van der Waals surface area (Å²) in [6.45, 7) is 5.28. The van der Waals surface area contributed by atoms with Crippen molar-refractivity contribution in [1.29, 1.82) is 0 Å². The van der Waals surface area contributed by atoms with Crippen molar-refractivity contribution in [3.8, 4) is 0 Å². The van der Waals surface area contributed by atoms with Gasteiger partial charge in [0, 0.05) is 25.4 Å². The number of carbonyl (C=O) groups is 1. The molecule has 1 amide bonds. The molecule has 6 heteroatoms. The van der Waals surface area contributed by atoms with E-state index in [2.05, 4.69) is 45.0 Å². The lowest BCUT2D eigenvalue weighted by Crippen LogP contribution is -2.43. The molecule has 5 nitrogen and oxygen atoms in total. The standard InChI is InChI=1S/C18H24N4OS/c1-12(2)7-16-19-20-17-9-14-3-4-15(10-21(16)17)22(14)18(23)8-13-5-6-24-11-13/h5-6,11-12,14-15H,3-4,7-10H2,1-2H3. The number of thiophene rings is 1. The van der Waals surface area contributed by atoms with Crippen LogP contribution in [-0.2, 0) is 30.6 Å². The van der Waals surface area contributed by atoms with Crippen LogP contribution in [0.5, 0.6) is 0 Å². The maximum Gasteiger partial charge on any atom is 0.227 e. The zero-order valence-corrected chi connectivity index (χ0v) is 15.1. The topological polar surface area (TPSA) is 51.0 Å². The van der Waals surface area contributed by atoms with E-state index in [0.717, 1.165) is 49.4 Å². The Morgan fingerprint density at radius 3 is 2.92 bits per heavy atom. The van der Waals surface area contributed by atoms with Crippen LogP contribution in [0.1, 0.15) is 43.9 Å². The van der Waals surface area contributed by atoms with E-state index in [1.807, 2.05) is 5.38 Å². The molecule has 2 atom stereocenters. The first-order valence-electron chi connectivity index (χ1n) is 8.85. The molecule has 2 unspecified atom stereocenters. The summed E-state index contributed by atoms with van der Waals surface area (Å²) in [7, 11) is 0. The van der Waals surface area contributed by atoms with Crippen LogP contribution in [0.4, 0.5) is 0 Å². The zero-order chi connectivity index (χ0) is 16.7. The van der Waals surface area contributed by atoms with E-state index in [1.54, 1.807) is 11.3 Å². The van der Waals surface area contributed by atoms with Crippen molar-refractivity contribution in [2.75, 3.05) is 0 Å². The Kier molecular flexibility index (Phi) is 4.16. The lowest BCUT2D eigenvalue weighted by atomic mass is 10.1. The molecule has 1 fully saturated rings. The van der Waals surface area contributed by atoms with E-state index in [0.29, 0.717) is 24.4 Å². The molecule has 2 aromatic heterocycles. The van der Waals surface area contributed by atoms with E-state index in [4.69, 9.17) is 0 Å². The third-order valence-electron chi connectivity index (χ3n) is 5.15. The molecule has 2 aliphatic heterocycles. The first-order chi connectivity index (χ1) is 11.6. The minimum absolute atomic E-state index is 0.269. The summed E-state index contributed by atoms with van der Waals surface area (Å²) >= 11 is 1.66. The molecule has 1 saturated heterocycles. The van der Waals surface area contributed by atoms with Crippen molar-refractivity contribution in [1.82, 2.24) is 19.7 Å². The third kappa shape index (κ3) is 2.88. The van der Waals surface area contributed by atoms with Gasteiger partial charge in [0.1, 0.15) is 11.6 Å². The molecule has 0 spiro atoms. The number of nitrogens with zero attached hydrogens (tertiary/aromatic N) is 4. The van der Waals surface area contributed by atoms with Crippen molar-refractivity contribution in [2.24, 2.45) is 5.92 Å². The molecule has 0 radical (unpaired) electrons. The van der Waals surface area contributed by atoms with Crippen molar-refractivity contribution in [3.63, 3.8) is 0 Å². The van der Waals surface area contributed by atoms with Gasteiger partial charge in [-0.3, -0.25) is 4.79 Å². The largest absolute Gasteiger partial charge is 0.334 e. The van der Waals surface area contributed by atoms with Crippen molar-refractivity contribution < 1.29 is 4.79 Å². The van der Waals surface area contributed by atoms with Crippen LogP contribution in [0, 0.1) is 5.92 Å². The highest BCUT2D eigenvalue weighted by molar-refractivity contribution is 7.08. The van der Waals surface area contributed by atoms with Gasteiger partial charge >= 0.3 is 0 Å². The number of aromatic nitrogens is 3. The van der Waals surface area contributed by atoms with Crippen LogP contribution in [0.25, 0.3) is 0 Å². The van der Waals surface area contributed by atoms with Crippen molar-refractivity contribution in [2.45, 2.75) is 64.6 Å². The normalized spacial score (nSPS) is 22.7. The fraction of sp³-hybridized carbons (Fsp3) is 0.611. The molecular weight excluding hydrogens is 320 g/mol. The van der Waals surface area contributed by atoms with Crippen molar-refractivity contribution >= 4 is 17.2 Å². The SMILES string of the molecule is CC(C)Cc1nnc2n1CC1CCC(C2)N1C(=O)Cc1ccsc1. The summed E-state index contributed by atoms with van der Waals surface area (Å²) in [5, 5.41) is 13.0. The molecule has 4 rings (SSSR count). The maximum atomic E-state index is 12.9. The summed E-state index contributed by atoms with van der Waals surface area (Å²) in [6, 6.07) is 2.64. The molecule has 0 N–H and O–H groups in total. The molecule has 2 aliphatic rings. The number of hydrogen-bond donors (Lipinski definition) is 0. The van der Waals surface area contributed by atoms with Gasteiger partial charge in [-0.25, -0.2) is 0 Å². The predicted octanol–water partition coefficient (Wildman–Crippen LogP) is 2.70. The zero-order valence-electron chi connectivity index (χ0n) is 14.3. The first-order valence-corrected chi connectivity index (χ1v) is 9.79. The molecule has 2 aromatic rings. The van der Waals surface area contributed by atoms with Gasteiger partial charge in [-0.2, -0.15) is 11.3 Å². The Bertz CT molecular complexity index is 721. The molecule has 128 valence electrons. The summed E-state index contributed by atoms with van der Waals surface area (Å²) in [5.74, 6) is 2.98. The highest BCUT2D eigenvalue weighted by atomic mass is 32.1. The number of carbonyl (C=O) groups excluding carboxylic acids is 1. The van der Waals surface area contributed by atoms with Gasteiger partial charge < -0.3 is 9.47 Å². The number of hydrogen-bond acceptors (Lipinski definition) is 4. The molecule has 0 saturated carbocycles. The highest BCUT2D eigenvalue weighted by Gasteiger charge is 2.40. The minimum atomic E-state index is 0.269. The molecule has 0 aromatic carbocycles.